The third-order valence-corrected chi connectivity index (χ3v) is 4.66. The minimum atomic E-state index is -0.0995. The molecule has 1 heterocycles. The summed E-state index contributed by atoms with van der Waals surface area (Å²) in [5.74, 6) is -0.0995. The lowest BCUT2D eigenvalue weighted by Gasteiger charge is -2.19. The van der Waals surface area contributed by atoms with Gasteiger partial charge in [-0.15, -0.1) is 0 Å². The van der Waals surface area contributed by atoms with Gasteiger partial charge in [0.1, 0.15) is 0 Å². The van der Waals surface area contributed by atoms with Crippen molar-refractivity contribution in [2.45, 2.75) is 19.9 Å². The largest absolute Gasteiger partial charge is 0.348 e. The molecule has 0 fully saturated rings. The molecular weight excluding hydrogens is 346 g/mol. The van der Waals surface area contributed by atoms with Crippen molar-refractivity contribution in [2.24, 2.45) is 0 Å². The number of anilines is 2. The summed E-state index contributed by atoms with van der Waals surface area (Å²) < 4.78 is 0. The summed E-state index contributed by atoms with van der Waals surface area (Å²) in [6.07, 6.45) is 7.98. The highest BCUT2D eigenvalue weighted by Crippen LogP contribution is 2.22. The summed E-state index contributed by atoms with van der Waals surface area (Å²) in [5, 5.41) is 2.92. The van der Waals surface area contributed by atoms with Gasteiger partial charge in [0.25, 0.3) is 0 Å². The van der Waals surface area contributed by atoms with Crippen LogP contribution in [0.4, 0.5) is 11.4 Å². The lowest BCUT2D eigenvalue weighted by molar-refractivity contribution is -0.116. The average Bonchev–Trinajstić information content (AvgIpc) is 2.77. The van der Waals surface area contributed by atoms with E-state index in [1.165, 1.54) is 5.56 Å². The van der Waals surface area contributed by atoms with Crippen molar-refractivity contribution in [3.05, 3.63) is 95.8 Å². The first-order chi connectivity index (χ1) is 13.7. The number of hydrogen-bond acceptors (Lipinski definition) is 3. The molecule has 0 saturated carbocycles. The topological polar surface area (TPSA) is 45.2 Å². The summed E-state index contributed by atoms with van der Waals surface area (Å²) in [6, 6.07) is 20.3. The molecule has 3 aromatic rings. The van der Waals surface area contributed by atoms with Crippen LogP contribution in [0.15, 0.2) is 79.1 Å². The first-order valence-corrected chi connectivity index (χ1v) is 9.43. The third-order valence-electron chi connectivity index (χ3n) is 4.66. The van der Waals surface area contributed by atoms with Crippen LogP contribution in [-0.2, 0) is 17.8 Å². The van der Waals surface area contributed by atoms with E-state index in [4.69, 9.17) is 0 Å². The monoisotopic (exact) mass is 371 g/mol. The number of amides is 1. The Morgan fingerprint density at radius 1 is 0.929 bits per heavy atom. The predicted octanol–water partition coefficient (Wildman–Crippen LogP) is 4.74. The quantitative estimate of drug-likeness (QED) is 0.610. The fourth-order valence-electron chi connectivity index (χ4n) is 2.84. The summed E-state index contributed by atoms with van der Waals surface area (Å²) in [4.78, 5) is 18.2. The molecule has 0 aliphatic carbocycles. The van der Waals surface area contributed by atoms with Gasteiger partial charge in [-0.2, -0.15) is 0 Å². The van der Waals surface area contributed by atoms with E-state index < -0.39 is 0 Å². The van der Waals surface area contributed by atoms with Crippen molar-refractivity contribution in [1.82, 2.24) is 10.3 Å². The Balaban J connectivity index is 1.52. The number of benzene rings is 2. The molecule has 2 aromatic carbocycles. The molecule has 28 heavy (non-hydrogen) atoms. The van der Waals surface area contributed by atoms with Crippen LogP contribution in [0.3, 0.4) is 0 Å². The van der Waals surface area contributed by atoms with E-state index in [1.54, 1.807) is 18.5 Å². The molecule has 0 bridgehead atoms. The second kappa shape index (κ2) is 9.51. The summed E-state index contributed by atoms with van der Waals surface area (Å²) in [6.45, 7) is 2.62. The average molecular weight is 371 g/mol. The van der Waals surface area contributed by atoms with Gasteiger partial charge in [-0.25, -0.2) is 0 Å². The van der Waals surface area contributed by atoms with Crippen LogP contribution in [0.2, 0.25) is 0 Å². The van der Waals surface area contributed by atoms with Gasteiger partial charge in [-0.1, -0.05) is 43.3 Å². The van der Waals surface area contributed by atoms with Crippen molar-refractivity contribution >= 4 is 23.4 Å². The van der Waals surface area contributed by atoms with E-state index in [2.05, 4.69) is 34.3 Å². The molecular formula is C24H25N3O. The molecule has 0 saturated heterocycles. The van der Waals surface area contributed by atoms with Crippen LogP contribution >= 0.6 is 0 Å². The minimum absolute atomic E-state index is 0.0995. The molecule has 0 aliphatic heterocycles. The van der Waals surface area contributed by atoms with Crippen molar-refractivity contribution in [3.8, 4) is 0 Å². The zero-order valence-corrected chi connectivity index (χ0v) is 16.3. The summed E-state index contributed by atoms with van der Waals surface area (Å²) in [5.41, 5.74) is 5.53. The van der Waals surface area contributed by atoms with Gasteiger partial charge >= 0.3 is 0 Å². The predicted molar refractivity (Wildman–Crippen MR) is 115 cm³/mol. The molecule has 1 amide bonds. The number of carbonyl (C=O) groups excluding carboxylic acids is 1. The Labute approximate surface area is 166 Å². The zero-order chi connectivity index (χ0) is 19.8. The molecule has 0 atom stereocenters. The van der Waals surface area contributed by atoms with E-state index in [-0.39, 0.29) is 5.91 Å². The molecule has 0 unspecified atom stereocenters. The number of nitrogens with zero attached hydrogens (tertiary/aromatic N) is 2. The van der Waals surface area contributed by atoms with Gasteiger partial charge in [0.05, 0.1) is 0 Å². The van der Waals surface area contributed by atoms with E-state index in [9.17, 15) is 4.79 Å². The number of nitrogens with one attached hydrogen (secondary N) is 1. The van der Waals surface area contributed by atoms with Crippen LogP contribution < -0.4 is 10.2 Å². The fraction of sp³-hybridized carbons (Fsp3) is 0.167. The molecule has 0 spiro atoms. The number of aryl methyl sites for hydroxylation is 1. The van der Waals surface area contributed by atoms with E-state index in [0.29, 0.717) is 6.54 Å². The van der Waals surface area contributed by atoms with Crippen molar-refractivity contribution < 1.29 is 4.79 Å². The first-order valence-electron chi connectivity index (χ1n) is 9.43. The smallest absolute Gasteiger partial charge is 0.244 e. The number of hydrogen-bond donors (Lipinski definition) is 1. The molecule has 1 aromatic heterocycles. The molecule has 4 heteroatoms. The van der Waals surface area contributed by atoms with E-state index >= 15 is 0 Å². The van der Waals surface area contributed by atoms with Crippen molar-refractivity contribution in [1.29, 1.82) is 0 Å². The van der Waals surface area contributed by atoms with Gasteiger partial charge in [-0.05, 0) is 53.5 Å². The lowest BCUT2D eigenvalue weighted by Crippen LogP contribution is -2.20. The number of pyridine rings is 1. The Bertz CT molecular complexity index is 916. The number of carbonyl (C=O) groups is 1. The van der Waals surface area contributed by atoms with Gasteiger partial charge in [0, 0.05) is 43.4 Å². The number of rotatable bonds is 7. The lowest BCUT2D eigenvalue weighted by atomic mass is 10.1. The van der Waals surface area contributed by atoms with Crippen molar-refractivity contribution in [3.63, 3.8) is 0 Å². The third kappa shape index (κ3) is 5.30. The Morgan fingerprint density at radius 2 is 1.54 bits per heavy atom. The SMILES string of the molecule is CCc1ccc(/C=C/C(=O)NCc2ccc(N(C)c3ccncc3)cc2)cc1. The Kier molecular flexibility index (Phi) is 6.58. The van der Waals surface area contributed by atoms with Crippen LogP contribution in [0.5, 0.6) is 0 Å². The standard InChI is InChI=1S/C24H25N3O/c1-3-19-4-6-20(7-5-19)10-13-24(28)26-18-21-8-11-22(12-9-21)27(2)23-14-16-25-17-15-23/h4-17H,3,18H2,1-2H3,(H,26,28)/b13-10+. The number of aromatic nitrogens is 1. The van der Waals surface area contributed by atoms with Crippen LogP contribution in [-0.4, -0.2) is 17.9 Å². The Morgan fingerprint density at radius 3 is 2.18 bits per heavy atom. The Hall–Kier alpha value is -3.40. The van der Waals surface area contributed by atoms with Gasteiger partial charge in [0.2, 0.25) is 5.91 Å². The molecule has 3 rings (SSSR count). The van der Waals surface area contributed by atoms with Gasteiger partial charge in [0.15, 0.2) is 0 Å². The van der Waals surface area contributed by atoms with Gasteiger partial charge in [-0.3, -0.25) is 9.78 Å². The first kappa shape index (κ1) is 19.4. The van der Waals surface area contributed by atoms with Crippen LogP contribution in [0.1, 0.15) is 23.6 Å². The molecule has 4 nitrogen and oxygen atoms in total. The maximum Gasteiger partial charge on any atom is 0.244 e. The summed E-state index contributed by atoms with van der Waals surface area (Å²) >= 11 is 0. The van der Waals surface area contributed by atoms with Crippen LogP contribution in [0.25, 0.3) is 6.08 Å². The maximum absolute atomic E-state index is 12.1. The zero-order valence-electron chi connectivity index (χ0n) is 16.3. The summed E-state index contributed by atoms with van der Waals surface area (Å²) in [7, 11) is 2.02. The second-order valence-electron chi connectivity index (χ2n) is 6.58. The van der Waals surface area contributed by atoms with Gasteiger partial charge < -0.3 is 10.2 Å². The van der Waals surface area contributed by atoms with E-state index in [0.717, 1.165) is 28.9 Å². The fourth-order valence-corrected chi connectivity index (χ4v) is 2.84. The highest BCUT2D eigenvalue weighted by molar-refractivity contribution is 5.91. The molecule has 1 N–H and O–H groups in total. The van der Waals surface area contributed by atoms with Crippen LogP contribution in [0, 0.1) is 0 Å². The highest BCUT2D eigenvalue weighted by Gasteiger charge is 2.04. The second-order valence-corrected chi connectivity index (χ2v) is 6.58. The van der Waals surface area contributed by atoms with Crippen molar-refractivity contribution in [2.75, 3.05) is 11.9 Å². The molecule has 142 valence electrons. The minimum Gasteiger partial charge on any atom is -0.348 e. The molecule has 0 radical (unpaired) electrons. The molecule has 0 aliphatic rings. The normalized spacial score (nSPS) is 10.8. The maximum atomic E-state index is 12.1. The van der Waals surface area contributed by atoms with E-state index in [1.807, 2.05) is 61.7 Å². The highest BCUT2D eigenvalue weighted by atomic mass is 16.1.